The third-order valence-corrected chi connectivity index (χ3v) is 5.40. The minimum Gasteiger partial charge on any atom is -0.296 e. The Morgan fingerprint density at radius 3 is 2.64 bits per heavy atom. The number of thioether (sulfide) groups is 1. The van der Waals surface area contributed by atoms with E-state index in [1.54, 1.807) is 17.8 Å². The number of nitrogens with one attached hydrogen (secondary N) is 1. The van der Waals surface area contributed by atoms with Crippen LogP contribution in [0.1, 0.15) is 27.0 Å². The summed E-state index contributed by atoms with van der Waals surface area (Å²) in [6, 6.07) is 12.0. The fourth-order valence-electron chi connectivity index (χ4n) is 2.42. The summed E-state index contributed by atoms with van der Waals surface area (Å²) >= 11 is 2.87. The summed E-state index contributed by atoms with van der Waals surface area (Å²) < 4.78 is 14.0. The van der Waals surface area contributed by atoms with Gasteiger partial charge in [-0.25, -0.2) is 4.39 Å². The predicted molar refractivity (Wildman–Crippen MR) is 99.7 cm³/mol. The second-order valence-corrected chi connectivity index (χ2v) is 7.82. The van der Waals surface area contributed by atoms with Crippen LogP contribution in [0.2, 0.25) is 0 Å². The number of amides is 1. The van der Waals surface area contributed by atoms with Gasteiger partial charge in [-0.1, -0.05) is 58.5 Å². The van der Waals surface area contributed by atoms with Gasteiger partial charge in [-0.2, -0.15) is 0 Å². The highest BCUT2D eigenvalue weighted by atomic mass is 32.2. The zero-order valence-corrected chi connectivity index (χ0v) is 15.4. The molecule has 0 aliphatic carbocycles. The number of carbonyl (C=O) groups is 1. The summed E-state index contributed by atoms with van der Waals surface area (Å²) in [5, 5.41) is 11.1. The second kappa shape index (κ2) is 7.76. The molecule has 1 N–H and O–H groups in total. The van der Waals surface area contributed by atoms with Crippen LogP contribution in [0.15, 0.2) is 46.8 Å². The van der Waals surface area contributed by atoms with Crippen LogP contribution >= 0.6 is 23.1 Å². The fraction of sp³-hybridized carbons (Fsp3) is 0.167. The number of carbonyl (C=O) groups excluding carboxylic acids is 1. The van der Waals surface area contributed by atoms with E-state index >= 15 is 0 Å². The summed E-state index contributed by atoms with van der Waals surface area (Å²) in [5.74, 6) is -0.0641. The summed E-state index contributed by atoms with van der Waals surface area (Å²) in [6.07, 6.45) is 0. The Morgan fingerprint density at radius 2 is 1.92 bits per heavy atom. The van der Waals surface area contributed by atoms with E-state index < -0.39 is 11.7 Å². The minimum absolute atomic E-state index is 0.250. The zero-order chi connectivity index (χ0) is 17.8. The van der Waals surface area contributed by atoms with E-state index in [-0.39, 0.29) is 5.56 Å². The van der Waals surface area contributed by atoms with Crippen LogP contribution in [0.3, 0.4) is 0 Å². The van der Waals surface area contributed by atoms with Crippen molar-refractivity contribution in [2.24, 2.45) is 0 Å². The summed E-state index contributed by atoms with van der Waals surface area (Å²) in [7, 11) is 0. The van der Waals surface area contributed by atoms with Crippen LogP contribution in [-0.2, 0) is 5.75 Å². The van der Waals surface area contributed by atoms with E-state index in [4.69, 9.17) is 0 Å². The number of hydrogen-bond donors (Lipinski definition) is 1. The molecule has 0 saturated heterocycles. The maximum atomic E-state index is 13.2. The first-order valence-corrected chi connectivity index (χ1v) is 9.40. The number of hydrogen-bond acceptors (Lipinski definition) is 5. The van der Waals surface area contributed by atoms with Crippen LogP contribution in [0.5, 0.6) is 0 Å². The van der Waals surface area contributed by atoms with Crippen molar-refractivity contribution < 1.29 is 9.18 Å². The number of halogens is 1. The molecule has 0 aliphatic rings. The Morgan fingerprint density at radius 1 is 1.16 bits per heavy atom. The van der Waals surface area contributed by atoms with E-state index in [1.807, 2.05) is 0 Å². The van der Waals surface area contributed by atoms with Gasteiger partial charge in [0.25, 0.3) is 5.91 Å². The molecule has 0 atom stereocenters. The lowest BCUT2D eigenvalue weighted by atomic mass is 10.1. The van der Waals surface area contributed by atoms with Crippen molar-refractivity contribution in [1.29, 1.82) is 0 Å². The largest absolute Gasteiger partial charge is 0.296 e. The van der Waals surface area contributed by atoms with Crippen LogP contribution < -0.4 is 5.32 Å². The molecule has 25 heavy (non-hydrogen) atoms. The lowest BCUT2D eigenvalue weighted by Crippen LogP contribution is -2.11. The molecule has 0 radical (unpaired) electrons. The number of benzene rings is 2. The highest BCUT2D eigenvalue weighted by Crippen LogP contribution is 2.29. The van der Waals surface area contributed by atoms with Gasteiger partial charge in [0.05, 0.1) is 0 Å². The number of nitrogens with zero attached hydrogens (tertiary/aromatic N) is 2. The quantitative estimate of drug-likeness (QED) is 0.514. The monoisotopic (exact) mass is 373 g/mol. The topological polar surface area (TPSA) is 54.9 Å². The Balaban J connectivity index is 1.61. The van der Waals surface area contributed by atoms with Crippen LogP contribution in [-0.4, -0.2) is 16.1 Å². The van der Waals surface area contributed by atoms with Gasteiger partial charge >= 0.3 is 0 Å². The van der Waals surface area contributed by atoms with E-state index in [1.165, 1.54) is 46.2 Å². The number of rotatable bonds is 5. The summed E-state index contributed by atoms with van der Waals surface area (Å²) in [6.45, 7) is 4.15. The van der Waals surface area contributed by atoms with E-state index in [9.17, 15) is 9.18 Å². The van der Waals surface area contributed by atoms with E-state index in [2.05, 4.69) is 47.6 Å². The van der Waals surface area contributed by atoms with E-state index in [0.29, 0.717) is 5.13 Å². The zero-order valence-electron chi connectivity index (χ0n) is 13.7. The van der Waals surface area contributed by atoms with E-state index in [0.717, 1.165) is 10.1 Å². The van der Waals surface area contributed by atoms with Crippen molar-refractivity contribution in [2.45, 2.75) is 23.9 Å². The maximum absolute atomic E-state index is 13.2. The SMILES string of the molecule is Cc1cc(C)cc(CSc2nnc(NC(=O)c3cccc(F)c3)s2)c1. The van der Waals surface area contributed by atoms with Crippen LogP contribution in [0, 0.1) is 19.7 Å². The molecule has 0 spiro atoms. The van der Waals surface area contributed by atoms with Gasteiger partial charge in [-0.15, -0.1) is 10.2 Å². The second-order valence-electron chi connectivity index (χ2n) is 5.62. The molecular weight excluding hydrogens is 357 g/mol. The molecule has 0 fully saturated rings. The Kier molecular flexibility index (Phi) is 5.45. The molecule has 0 bridgehead atoms. The molecule has 4 nitrogen and oxygen atoms in total. The third-order valence-electron chi connectivity index (χ3n) is 3.36. The lowest BCUT2D eigenvalue weighted by Gasteiger charge is -2.03. The van der Waals surface area contributed by atoms with Crippen molar-refractivity contribution in [2.75, 3.05) is 5.32 Å². The van der Waals surface area contributed by atoms with Gasteiger partial charge in [-0.3, -0.25) is 10.1 Å². The first-order valence-electron chi connectivity index (χ1n) is 7.60. The molecule has 1 amide bonds. The number of aryl methyl sites for hydroxylation is 2. The average molecular weight is 373 g/mol. The van der Waals surface area contributed by atoms with Gasteiger partial charge in [0.1, 0.15) is 5.82 Å². The maximum Gasteiger partial charge on any atom is 0.257 e. The highest BCUT2D eigenvalue weighted by Gasteiger charge is 2.11. The van der Waals surface area contributed by atoms with Crippen molar-refractivity contribution >= 4 is 34.1 Å². The van der Waals surface area contributed by atoms with Gasteiger partial charge in [0.15, 0.2) is 4.34 Å². The lowest BCUT2D eigenvalue weighted by molar-refractivity contribution is 0.102. The van der Waals surface area contributed by atoms with Gasteiger partial charge in [-0.05, 0) is 37.6 Å². The molecule has 0 saturated carbocycles. The molecule has 2 aromatic carbocycles. The fourth-order valence-corrected chi connectivity index (χ4v) is 4.09. The first kappa shape index (κ1) is 17.6. The molecule has 3 rings (SSSR count). The molecule has 3 aromatic rings. The van der Waals surface area contributed by atoms with Crippen LogP contribution in [0.25, 0.3) is 0 Å². The number of aromatic nitrogens is 2. The summed E-state index contributed by atoms with van der Waals surface area (Å²) in [5.41, 5.74) is 3.94. The smallest absolute Gasteiger partial charge is 0.257 e. The van der Waals surface area contributed by atoms with Gasteiger partial charge in [0, 0.05) is 11.3 Å². The van der Waals surface area contributed by atoms with Gasteiger partial charge in [0.2, 0.25) is 5.13 Å². The minimum atomic E-state index is -0.449. The van der Waals surface area contributed by atoms with Crippen LogP contribution in [0.4, 0.5) is 9.52 Å². The molecule has 1 aromatic heterocycles. The van der Waals surface area contributed by atoms with Crippen molar-refractivity contribution in [1.82, 2.24) is 10.2 Å². The predicted octanol–water partition coefficient (Wildman–Crippen LogP) is 4.84. The van der Waals surface area contributed by atoms with Gasteiger partial charge < -0.3 is 0 Å². The number of anilines is 1. The van der Waals surface area contributed by atoms with Crippen molar-refractivity contribution in [3.05, 3.63) is 70.5 Å². The Bertz CT molecular complexity index is 891. The van der Waals surface area contributed by atoms with Crippen molar-refractivity contribution in [3.63, 3.8) is 0 Å². The molecule has 1 heterocycles. The molecule has 0 unspecified atom stereocenters. The summed E-state index contributed by atoms with van der Waals surface area (Å²) in [4.78, 5) is 12.1. The van der Waals surface area contributed by atoms with Crippen molar-refractivity contribution in [3.8, 4) is 0 Å². The average Bonchev–Trinajstić information content (AvgIpc) is 2.99. The molecular formula is C18H16FN3OS2. The molecule has 7 heteroatoms. The standard InChI is InChI=1S/C18H16FN3OS2/c1-11-6-12(2)8-13(7-11)10-24-18-22-21-17(25-18)20-16(23)14-4-3-5-15(19)9-14/h3-9H,10H2,1-2H3,(H,20,21,23). The normalized spacial score (nSPS) is 10.7. The first-order chi connectivity index (χ1) is 12.0. The highest BCUT2D eigenvalue weighted by molar-refractivity contribution is 8.00. The molecule has 128 valence electrons. The molecule has 0 aliphatic heterocycles. The third kappa shape index (κ3) is 4.87. The Hall–Kier alpha value is -2.25. The Labute approximate surface area is 153 Å².